The second kappa shape index (κ2) is 6.55. The molecule has 1 heterocycles. The van der Waals surface area contributed by atoms with E-state index in [0.29, 0.717) is 11.3 Å². The SMILES string of the molecule is Cc1csc(SC(C)C(=O)Nc2ccc(C#N)cc2)n1. The molecule has 0 saturated heterocycles. The van der Waals surface area contributed by atoms with Crippen LogP contribution in [0.5, 0.6) is 0 Å². The summed E-state index contributed by atoms with van der Waals surface area (Å²) < 4.78 is 0.893. The van der Waals surface area contributed by atoms with E-state index in [1.165, 1.54) is 11.8 Å². The van der Waals surface area contributed by atoms with E-state index in [1.54, 1.807) is 35.6 Å². The first-order valence-corrected chi connectivity index (χ1v) is 7.74. The van der Waals surface area contributed by atoms with Gasteiger partial charge in [0.25, 0.3) is 0 Å². The number of hydrogen-bond donors (Lipinski definition) is 1. The lowest BCUT2D eigenvalue weighted by molar-refractivity contribution is -0.115. The Balaban J connectivity index is 1.95. The minimum absolute atomic E-state index is 0.0763. The number of anilines is 1. The van der Waals surface area contributed by atoms with Crippen molar-refractivity contribution < 1.29 is 4.79 Å². The van der Waals surface area contributed by atoms with Crippen LogP contribution in [0.15, 0.2) is 34.0 Å². The van der Waals surface area contributed by atoms with E-state index in [-0.39, 0.29) is 11.2 Å². The summed E-state index contributed by atoms with van der Waals surface area (Å²) in [5.41, 5.74) is 2.23. The molecule has 0 aliphatic heterocycles. The van der Waals surface area contributed by atoms with Crippen molar-refractivity contribution in [2.24, 2.45) is 0 Å². The zero-order valence-electron chi connectivity index (χ0n) is 11.1. The van der Waals surface area contributed by atoms with Gasteiger partial charge in [-0.05, 0) is 38.1 Å². The van der Waals surface area contributed by atoms with Gasteiger partial charge in [0.1, 0.15) is 0 Å². The number of aryl methyl sites for hydroxylation is 1. The number of nitrogens with one attached hydrogen (secondary N) is 1. The maximum atomic E-state index is 12.1. The molecule has 0 aliphatic carbocycles. The Bertz CT molecular complexity index is 643. The zero-order valence-corrected chi connectivity index (χ0v) is 12.7. The molecule has 0 bridgehead atoms. The number of hydrogen-bond acceptors (Lipinski definition) is 5. The fourth-order valence-corrected chi connectivity index (χ4v) is 3.45. The first kappa shape index (κ1) is 14.6. The molecular formula is C14H13N3OS2. The van der Waals surface area contributed by atoms with E-state index in [0.717, 1.165) is 10.0 Å². The Labute approximate surface area is 125 Å². The summed E-state index contributed by atoms with van der Waals surface area (Å²) in [6.45, 7) is 3.78. The van der Waals surface area contributed by atoms with Crippen LogP contribution in [0.25, 0.3) is 0 Å². The lowest BCUT2D eigenvalue weighted by Gasteiger charge is -2.10. The zero-order chi connectivity index (χ0) is 14.5. The Morgan fingerprint density at radius 3 is 2.70 bits per heavy atom. The number of nitriles is 1. The second-order valence-electron chi connectivity index (χ2n) is 4.19. The third-order valence-corrected chi connectivity index (χ3v) is 4.72. The predicted molar refractivity (Wildman–Crippen MR) is 82.0 cm³/mol. The lowest BCUT2D eigenvalue weighted by Crippen LogP contribution is -2.22. The predicted octanol–water partition coefficient (Wildman–Crippen LogP) is 3.44. The van der Waals surface area contributed by atoms with E-state index in [1.807, 2.05) is 25.3 Å². The maximum absolute atomic E-state index is 12.1. The van der Waals surface area contributed by atoms with Gasteiger partial charge in [-0.3, -0.25) is 4.79 Å². The number of thiazole rings is 1. The normalized spacial score (nSPS) is 11.7. The quantitative estimate of drug-likeness (QED) is 0.879. The van der Waals surface area contributed by atoms with Crippen molar-refractivity contribution in [2.45, 2.75) is 23.4 Å². The Kier molecular flexibility index (Phi) is 4.77. The fourth-order valence-electron chi connectivity index (χ4n) is 1.46. The van der Waals surface area contributed by atoms with Crippen molar-refractivity contribution in [3.05, 3.63) is 40.9 Å². The molecule has 2 rings (SSSR count). The highest BCUT2D eigenvalue weighted by Gasteiger charge is 2.16. The molecule has 2 aromatic rings. The molecule has 1 N–H and O–H groups in total. The van der Waals surface area contributed by atoms with E-state index in [4.69, 9.17) is 5.26 Å². The number of thioether (sulfide) groups is 1. The molecule has 1 amide bonds. The molecule has 20 heavy (non-hydrogen) atoms. The van der Waals surface area contributed by atoms with Crippen molar-refractivity contribution >= 4 is 34.7 Å². The van der Waals surface area contributed by atoms with Crippen LogP contribution >= 0.6 is 23.1 Å². The van der Waals surface area contributed by atoms with Crippen molar-refractivity contribution in [3.63, 3.8) is 0 Å². The highest BCUT2D eigenvalue weighted by Crippen LogP contribution is 2.27. The third kappa shape index (κ3) is 3.83. The number of carbonyl (C=O) groups excluding carboxylic acids is 1. The highest BCUT2D eigenvalue weighted by molar-refractivity contribution is 8.02. The van der Waals surface area contributed by atoms with Gasteiger partial charge in [0.2, 0.25) is 5.91 Å². The molecule has 0 saturated carbocycles. The van der Waals surface area contributed by atoms with Crippen LogP contribution in [0.1, 0.15) is 18.2 Å². The summed E-state index contributed by atoms with van der Waals surface area (Å²) in [4.78, 5) is 16.4. The van der Waals surface area contributed by atoms with Crippen LogP contribution in [0.4, 0.5) is 5.69 Å². The molecule has 0 radical (unpaired) electrons. The molecule has 1 unspecified atom stereocenters. The largest absolute Gasteiger partial charge is 0.325 e. The van der Waals surface area contributed by atoms with Gasteiger partial charge in [-0.1, -0.05) is 11.8 Å². The lowest BCUT2D eigenvalue weighted by atomic mass is 10.2. The van der Waals surface area contributed by atoms with Crippen LogP contribution in [0.3, 0.4) is 0 Å². The van der Waals surface area contributed by atoms with Crippen LogP contribution in [0.2, 0.25) is 0 Å². The number of amides is 1. The van der Waals surface area contributed by atoms with Gasteiger partial charge in [-0.2, -0.15) is 5.26 Å². The van der Waals surface area contributed by atoms with E-state index in [2.05, 4.69) is 10.3 Å². The summed E-state index contributed by atoms with van der Waals surface area (Å²) in [6, 6.07) is 8.85. The van der Waals surface area contributed by atoms with Gasteiger partial charge in [-0.15, -0.1) is 11.3 Å². The second-order valence-corrected chi connectivity index (χ2v) is 6.64. The van der Waals surface area contributed by atoms with Crippen molar-refractivity contribution in [3.8, 4) is 6.07 Å². The van der Waals surface area contributed by atoms with Crippen molar-refractivity contribution in [1.82, 2.24) is 4.98 Å². The average Bonchev–Trinajstić information content (AvgIpc) is 2.85. The molecule has 0 spiro atoms. The summed E-state index contributed by atoms with van der Waals surface area (Å²) >= 11 is 2.98. The topological polar surface area (TPSA) is 65.8 Å². The molecule has 0 aliphatic rings. The van der Waals surface area contributed by atoms with Gasteiger partial charge in [-0.25, -0.2) is 4.98 Å². The first-order valence-electron chi connectivity index (χ1n) is 5.98. The molecule has 1 aromatic heterocycles. The van der Waals surface area contributed by atoms with E-state index < -0.39 is 0 Å². The average molecular weight is 303 g/mol. The number of carbonyl (C=O) groups is 1. The molecule has 6 heteroatoms. The van der Waals surface area contributed by atoms with Crippen LogP contribution in [-0.4, -0.2) is 16.1 Å². The fraction of sp³-hybridized carbons (Fsp3) is 0.214. The summed E-state index contributed by atoms with van der Waals surface area (Å²) in [5, 5.41) is 13.3. The Morgan fingerprint density at radius 2 is 2.15 bits per heavy atom. The molecule has 0 fully saturated rings. The van der Waals surface area contributed by atoms with Crippen LogP contribution in [0, 0.1) is 18.3 Å². The number of nitrogens with zero attached hydrogens (tertiary/aromatic N) is 2. The highest BCUT2D eigenvalue weighted by atomic mass is 32.2. The van der Waals surface area contributed by atoms with Gasteiger partial charge in [0.05, 0.1) is 16.9 Å². The van der Waals surface area contributed by atoms with Gasteiger partial charge in [0.15, 0.2) is 4.34 Å². The summed E-state index contributed by atoms with van der Waals surface area (Å²) in [5.74, 6) is -0.0763. The van der Waals surface area contributed by atoms with Gasteiger partial charge >= 0.3 is 0 Å². The van der Waals surface area contributed by atoms with Crippen molar-refractivity contribution in [2.75, 3.05) is 5.32 Å². The summed E-state index contributed by atoms with van der Waals surface area (Å²) in [7, 11) is 0. The number of benzene rings is 1. The minimum Gasteiger partial charge on any atom is -0.325 e. The smallest absolute Gasteiger partial charge is 0.237 e. The minimum atomic E-state index is -0.226. The monoisotopic (exact) mass is 303 g/mol. The van der Waals surface area contributed by atoms with Gasteiger partial charge < -0.3 is 5.32 Å². The Morgan fingerprint density at radius 1 is 1.45 bits per heavy atom. The first-order chi connectivity index (χ1) is 9.58. The summed E-state index contributed by atoms with van der Waals surface area (Å²) in [6.07, 6.45) is 0. The third-order valence-electron chi connectivity index (χ3n) is 2.53. The van der Waals surface area contributed by atoms with Gasteiger partial charge in [0, 0.05) is 16.8 Å². The molecule has 4 nitrogen and oxygen atoms in total. The standard InChI is InChI=1S/C14H13N3OS2/c1-9-8-19-14(16-9)20-10(2)13(18)17-12-5-3-11(7-15)4-6-12/h3-6,8,10H,1-2H3,(H,17,18). The maximum Gasteiger partial charge on any atom is 0.237 e. The molecule has 1 aromatic carbocycles. The van der Waals surface area contributed by atoms with E-state index >= 15 is 0 Å². The van der Waals surface area contributed by atoms with Crippen molar-refractivity contribution in [1.29, 1.82) is 5.26 Å². The van der Waals surface area contributed by atoms with Crippen LogP contribution < -0.4 is 5.32 Å². The molecule has 102 valence electrons. The number of aromatic nitrogens is 1. The van der Waals surface area contributed by atoms with E-state index in [9.17, 15) is 4.79 Å². The molecular weight excluding hydrogens is 290 g/mol. The molecule has 1 atom stereocenters. The Hall–Kier alpha value is -1.84. The number of rotatable bonds is 4. The van der Waals surface area contributed by atoms with Crippen LogP contribution in [-0.2, 0) is 4.79 Å².